The van der Waals surface area contributed by atoms with Gasteiger partial charge in [-0.15, -0.1) is 0 Å². The van der Waals surface area contributed by atoms with Crippen molar-refractivity contribution >= 4 is 9.84 Å². The number of ether oxygens (including phenoxy) is 1. The van der Waals surface area contributed by atoms with Crippen LogP contribution >= 0.6 is 0 Å². The summed E-state index contributed by atoms with van der Waals surface area (Å²) in [6.45, 7) is 1.89. The summed E-state index contributed by atoms with van der Waals surface area (Å²) >= 11 is 0. The molecule has 1 rings (SSSR count). The molecular formula is C11H17NO3S. The van der Waals surface area contributed by atoms with Crippen molar-refractivity contribution in [1.82, 2.24) is 0 Å². The van der Waals surface area contributed by atoms with Gasteiger partial charge in [0.1, 0.15) is 5.75 Å². The highest BCUT2D eigenvalue weighted by molar-refractivity contribution is 7.90. The van der Waals surface area contributed by atoms with Crippen LogP contribution in [0.1, 0.15) is 12.5 Å². The molecule has 0 aromatic heterocycles. The van der Waals surface area contributed by atoms with Gasteiger partial charge in [-0.3, -0.25) is 0 Å². The van der Waals surface area contributed by atoms with Crippen LogP contribution in [0.4, 0.5) is 0 Å². The molecule has 0 bridgehead atoms. The average Bonchev–Trinajstić information content (AvgIpc) is 2.15. The first-order chi connectivity index (χ1) is 7.34. The lowest BCUT2D eigenvalue weighted by molar-refractivity contribution is 0.407. The van der Waals surface area contributed by atoms with Crippen LogP contribution in [-0.2, 0) is 16.3 Å². The molecule has 0 saturated heterocycles. The van der Waals surface area contributed by atoms with Crippen LogP contribution in [0.25, 0.3) is 0 Å². The first kappa shape index (κ1) is 13.0. The Hall–Kier alpha value is -1.07. The minimum atomic E-state index is -3.19. The third-order valence-corrected chi connectivity index (χ3v) is 3.34. The second-order valence-electron chi connectivity index (χ2n) is 3.93. The Kier molecular flexibility index (Phi) is 3.93. The van der Waals surface area contributed by atoms with Gasteiger partial charge < -0.3 is 10.5 Å². The highest BCUT2D eigenvalue weighted by Crippen LogP contribution is 2.23. The van der Waals surface area contributed by atoms with Gasteiger partial charge >= 0.3 is 0 Å². The molecule has 0 amide bonds. The van der Waals surface area contributed by atoms with Gasteiger partial charge in [0.15, 0.2) is 9.84 Å². The van der Waals surface area contributed by atoms with E-state index < -0.39 is 9.84 Å². The summed E-state index contributed by atoms with van der Waals surface area (Å²) in [5, 5.41) is 0. The van der Waals surface area contributed by atoms with E-state index in [1.807, 2.05) is 6.92 Å². The van der Waals surface area contributed by atoms with Gasteiger partial charge in [-0.2, -0.15) is 0 Å². The lowest BCUT2D eigenvalue weighted by Crippen LogP contribution is -2.18. The molecule has 0 saturated carbocycles. The summed E-state index contributed by atoms with van der Waals surface area (Å²) in [7, 11) is -1.67. The van der Waals surface area contributed by atoms with Gasteiger partial charge in [0.2, 0.25) is 0 Å². The molecule has 0 heterocycles. The van der Waals surface area contributed by atoms with Gasteiger partial charge in [0, 0.05) is 12.3 Å². The van der Waals surface area contributed by atoms with E-state index in [2.05, 4.69) is 0 Å². The number of hydrogen-bond acceptors (Lipinski definition) is 4. The second kappa shape index (κ2) is 4.84. The Bertz CT molecular complexity index is 466. The van der Waals surface area contributed by atoms with Crippen molar-refractivity contribution in [2.24, 2.45) is 5.73 Å². The highest BCUT2D eigenvalue weighted by Gasteiger charge is 2.12. The Balaban J connectivity index is 3.17. The van der Waals surface area contributed by atoms with E-state index >= 15 is 0 Å². The molecule has 1 atom stereocenters. The van der Waals surface area contributed by atoms with Gasteiger partial charge in [-0.25, -0.2) is 8.42 Å². The fourth-order valence-corrected chi connectivity index (χ4v) is 2.11. The van der Waals surface area contributed by atoms with Crippen molar-refractivity contribution in [3.05, 3.63) is 23.8 Å². The summed E-state index contributed by atoms with van der Waals surface area (Å²) in [6, 6.07) is 4.87. The van der Waals surface area contributed by atoms with Gasteiger partial charge in [-0.05, 0) is 31.0 Å². The lowest BCUT2D eigenvalue weighted by Gasteiger charge is -2.11. The predicted octanol–water partition coefficient (Wildman–Crippen LogP) is 0.988. The summed E-state index contributed by atoms with van der Waals surface area (Å²) in [6.07, 6.45) is 1.83. The number of nitrogens with two attached hydrogens (primary N) is 1. The molecule has 0 fully saturated rings. The van der Waals surface area contributed by atoms with Gasteiger partial charge in [0.05, 0.1) is 12.0 Å². The Morgan fingerprint density at radius 3 is 2.50 bits per heavy atom. The Morgan fingerprint density at radius 1 is 1.44 bits per heavy atom. The van der Waals surface area contributed by atoms with Gasteiger partial charge in [0.25, 0.3) is 0 Å². The smallest absolute Gasteiger partial charge is 0.175 e. The number of benzene rings is 1. The largest absolute Gasteiger partial charge is 0.496 e. The fourth-order valence-electron chi connectivity index (χ4n) is 1.47. The number of methoxy groups -OCH3 is 1. The molecule has 0 aliphatic rings. The standard InChI is InChI=1S/C11H17NO3S/c1-8(12)6-9-4-5-10(16(3,13)14)7-11(9)15-2/h4-5,7-8H,6,12H2,1-3H3. The van der Waals surface area contributed by atoms with Crippen molar-refractivity contribution < 1.29 is 13.2 Å². The summed E-state index contributed by atoms with van der Waals surface area (Å²) in [5.74, 6) is 0.570. The molecule has 0 aliphatic heterocycles. The van der Waals surface area contributed by atoms with Crippen LogP contribution < -0.4 is 10.5 Å². The van der Waals surface area contributed by atoms with E-state index in [0.717, 1.165) is 5.56 Å². The summed E-state index contributed by atoms with van der Waals surface area (Å²) in [4.78, 5) is 0.262. The fraction of sp³-hybridized carbons (Fsp3) is 0.455. The minimum Gasteiger partial charge on any atom is -0.496 e. The molecule has 0 aliphatic carbocycles. The number of rotatable bonds is 4. The van der Waals surface area contributed by atoms with Crippen LogP contribution in [0.2, 0.25) is 0 Å². The molecular weight excluding hydrogens is 226 g/mol. The van der Waals surface area contributed by atoms with E-state index in [1.165, 1.54) is 19.4 Å². The molecule has 5 heteroatoms. The molecule has 16 heavy (non-hydrogen) atoms. The molecule has 0 spiro atoms. The zero-order chi connectivity index (χ0) is 12.3. The van der Waals surface area contributed by atoms with E-state index in [0.29, 0.717) is 12.2 Å². The van der Waals surface area contributed by atoms with Crippen molar-refractivity contribution in [2.45, 2.75) is 24.3 Å². The SMILES string of the molecule is COc1cc(S(C)(=O)=O)ccc1CC(C)N. The van der Waals surface area contributed by atoms with Crippen LogP contribution in [0, 0.1) is 0 Å². The topological polar surface area (TPSA) is 69.4 Å². The highest BCUT2D eigenvalue weighted by atomic mass is 32.2. The molecule has 2 N–H and O–H groups in total. The maximum absolute atomic E-state index is 11.4. The third kappa shape index (κ3) is 3.21. The Labute approximate surface area is 96.3 Å². The van der Waals surface area contributed by atoms with E-state index in [-0.39, 0.29) is 10.9 Å². The van der Waals surface area contributed by atoms with Crippen LogP contribution in [0.3, 0.4) is 0 Å². The molecule has 1 aromatic carbocycles. The van der Waals surface area contributed by atoms with E-state index in [9.17, 15) is 8.42 Å². The van der Waals surface area contributed by atoms with Crippen molar-refractivity contribution in [1.29, 1.82) is 0 Å². The van der Waals surface area contributed by atoms with Crippen LogP contribution in [0.15, 0.2) is 23.1 Å². The average molecular weight is 243 g/mol. The summed E-state index contributed by atoms with van der Waals surface area (Å²) < 4.78 is 27.9. The molecule has 90 valence electrons. The Morgan fingerprint density at radius 2 is 2.06 bits per heavy atom. The maximum Gasteiger partial charge on any atom is 0.175 e. The molecule has 4 nitrogen and oxygen atoms in total. The van der Waals surface area contributed by atoms with E-state index in [4.69, 9.17) is 10.5 Å². The minimum absolute atomic E-state index is 0.0120. The third-order valence-electron chi connectivity index (χ3n) is 2.23. The first-order valence-electron chi connectivity index (χ1n) is 4.97. The van der Waals surface area contributed by atoms with Crippen LogP contribution in [-0.4, -0.2) is 27.8 Å². The molecule has 1 unspecified atom stereocenters. The second-order valence-corrected chi connectivity index (χ2v) is 5.94. The number of sulfone groups is 1. The predicted molar refractivity (Wildman–Crippen MR) is 63.5 cm³/mol. The lowest BCUT2D eigenvalue weighted by atomic mass is 10.1. The number of hydrogen-bond donors (Lipinski definition) is 1. The summed E-state index contributed by atoms with van der Waals surface area (Å²) in [5.41, 5.74) is 6.62. The van der Waals surface area contributed by atoms with Crippen molar-refractivity contribution in [3.8, 4) is 5.75 Å². The molecule has 1 aromatic rings. The van der Waals surface area contributed by atoms with Crippen LogP contribution in [0.5, 0.6) is 5.75 Å². The zero-order valence-corrected chi connectivity index (χ0v) is 10.5. The van der Waals surface area contributed by atoms with E-state index in [1.54, 1.807) is 12.1 Å². The maximum atomic E-state index is 11.4. The zero-order valence-electron chi connectivity index (χ0n) is 9.73. The first-order valence-corrected chi connectivity index (χ1v) is 6.86. The van der Waals surface area contributed by atoms with Crippen molar-refractivity contribution in [3.63, 3.8) is 0 Å². The van der Waals surface area contributed by atoms with Gasteiger partial charge in [-0.1, -0.05) is 6.07 Å². The molecule has 0 radical (unpaired) electrons. The normalized spacial score (nSPS) is 13.5. The van der Waals surface area contributed by atoms with Crippen molar-refractivity contribution in [2.75, 3.05) is 13.4 Å². The quantitative estimate of drug-likeness (QED) is 0.856. The monoisotopic (exact) mass is 243 g/mol.